The number of nitrogens with two attached hydrogens (primary N) is 1. The first-order chi connectivity index (χ1) is 9.77. The van der Waals surface area contributed by atoms with Gasteiger partial charge in [-0.05, 0) is 50.9 Å². The quantitative estimate of drug-likeness (QED) is 0.650. The van der Waals surface area contributed by atoms with Crippen LogP contribution in [0.5, 0.6) is 0 Å². The molecule has 0 saturated carbocycles. The Morgan fingerprint density at radius 1 is 0.900 bits per heavy atom. The van der Waals surface area contributed by atoms with Crippen molar-refractivity contribution in [1.29, 1.82) is 0 Å². The molecule has 20 heavy (non-hydrogen) atoms. The second kappa shape index (κ2) is 10.9. The van der Waals surface area contributed by atoms with E-state index in [4.69, 9.17) is 5.73 Å². The molecule has 1 atom stereocenters. The highest BCUT2D eigenvalue weighted by molar-refractivity contribution is 5.18. The summed E-state index contributed by atoms with van der Waals surface area (Å²) in [6.07, 6.45) is 7.48. The summed E-state index contributed by atoms with van der Waals surface area (Å²) in [5.41, 5.74) is 7.53. The maximum atomic E-state index is 6.26. The molecule has 1 rings (SSSR count). The third kappa shape index (κ3) is 7.06. The van der Waals surface area contributed by atoms with E-state index in [1.165, 1.54) is 57.3 Å². The van der Waals surface area contributed by atoms with Crippen LogP contribution < -0.4 is 5.73 Å². The van der Waals surface area contributed by atoms with E-state index in [0.29, 0.717) is 0 Å². The van der Waals surface area contributed by atoms with Gasteiger partial charge in [-0.3, -0.25) is 0 Å². The molecular formula is C18H32N2. The Morgan fingerprint density at radius 3 is 2.00 bits per heavy atom. The summed E-state index contributed by atoms with van der Waals surface area (Å²) in [5, 5.41) is 0. The fourth-order valence-electron chi connectivity index (χ4n) is 2.50. The van der Waals surface area contributed by atoms with Crippen molar-refractivity contribution in [3.05, 3.63) is 35.9 Å². The van der Waals surface area contributed by atoms with Crippen molar-refractivity contribution in [2.24, 2.45) is 5.73 Å². The Labute approximate surface area is 125 Å². The average molecular weight is 276 g/mol. The van der Waals surface area contributed by atoms with Crippen molar-refractivity contribution in [1.82, 2.24) is 4.90 Å². The van der Waals surface area contributed by atoms with Crippen molar-refractivity contribution >= 4 is 0 Å². The SMILES string of the molecule is CCCCN(CCCC)CCCC(N)c1ccccc1. The largest absolute Gasteiger partial charge is 0.324 e. The summed E-state index contributed by atoms with van der Waals surface area (Å²) < 4.78 is 0. The molecule has 2 N–H and O–H groups in total. The van der Waals surface area contributed by atoms with Gasteiger partial charge in [0.15, 0.2) is 0 Å². The van der Waals surface area contributed by atoms with Crippen LogP contribution >= 0.6 is 0 Å². The summed E-state index contributed by atoms with van der Waals surface area (Å²) in [7, 11) is 0. The van der Waals surface area contributed by atoms with Gasteiger partial charge < -0.3 is 10.6 Å². The minimum Gasteiger partial charge on any atom is -0.324 e. The van der Waals surface area contributed by atoms with Gasteiger partial charge >= 0.3 is 0 Å². The zero-order valence-electron chi connectivity index (χ0n) is 13.4. The van der Waals surface area contributed by atoms with Crippen molar-refractivity contribution < 1.29 is 0 Å². The van der Waals surface area contributed by atoms with Gasteiger partial charge in [0.2, 0.25) is 0 Å². The molecular weight excluding hydrogens is 244 g/mol. The molecule has 1 unspecified atom stereocenters. The van der Waals surface area contributed by atoms with Crippen LogP contribution in [0.3, 0.4) is 0 Å². The van der Waals surface area contributed by atoms with E-state index in [9.17, 15) is 0 Å². The van der Waals surface area contributed by atoms with Crippen molar-refractivity contribution in [2.75, 3.05) is 19.6 Å². The second-order valence-electron chi connectivity index (χ2n) is 5.71. The average Bonchev–Trinajstić information content (AvgIpc) is 2.50. The van der Waals surface area contributed by atoms with Crippen LogP contribution in [0.15, 0.2) is 30.3 Å². The number of hydrogen-bond acceptors (Lipinski definition) is 2. The van der Waals surface area contributed by atoms with Gasteiger partial charge in [0.25, 0.3) is 0 Å². The smallest absolute Gasteiger partial charge is 0.0295 e. The molecule has 0 aliphatic carbocycles. The van der Waals surface area contributed by atoms with Gasteiger partial charge in [0.05, 0.1) is 0 Å². The highest BCUT2D eigenvalue weighted by Gasteiger charge is 2.08. The lowest BCUT2D eigenvalue weighted by atomic mass is 10.0. The number of benzene rings is 1. The van der Waals surface area contributed by atoms with Crippen LogP contribution in [0.2, 0.25) is 0 Å². The van der Waals surface area contributed by atoms with Crippen LogP contribution in [-0.2, 0) is 0 Å². The minimum absolute atomic E-state index is 0.190. The number of hydrogen-bond donors (Lipinski definition) is 1. The van der Waals surface area contributed by atoms with Gasteiger partial charge in [0.1, 0.15) is 0 Å². The predicted octanol–water partition coefficient (Wildman–Crippen LogP) is 4.37. The molecule has 0 radical (unpaired) electrons. The molecule has 0 amide bonds. The van der Waals surface area contributed by atoms with Crippen LogP contribution in [0, 0.1) is 0 Å². The van der Waals surface area contributed by atoms with Crippen LogP contribution in [0.4, 0.5) is 0 Å². The molecule has 114 valence electrons. The van der Waals surface area contributed by atoms with E-state index in [1.807, 2.05) is 6.07 Å². The van der Waals surface area contributed by atoms with Gasteiger partial charge in [-0.2, -0.15) is 0 Å². The fourth-order valence-corrected chi connectivity index (χ4v) is 2.50. The first-order valence-corrected chi connectivity index (χ1v) is 8.30. The summed E-state index contributed by atoms with van der Waals surface area (Å²) in [5.74, 6) is 0. The zero-order valence-corrected chi connectivity index (χ0v) is 13.4. The summed E-state index contributed by atoms with van der Waals surface area (Å²) >= 11 is 0. The van der Waals surface area contributed by atoms with Gasteiger partial charge in [-0.1, -0.05) is 57.0 Å². The molecule has 1 aromatic rings. The van der Waals surface area contributed by atoms with E-state index in [0.717, 1.165) is 6.42 Å². The van der Waals surface area contributed by atoms with E-state index in [1.54, 1.807) is 0 Å². The summed E-state index contributed by atoms with van der Waals surface area (Å²) in [6.45, 7) is 8.22. The Balaban J connectivity index is 2.28. The molecule has 0 heterocycles. The van der Waals surface area contributed by atoms with Gasteiger partial charge in [-0.15, -0.1) is 0 Å². The number of rotatable bonds is 11. The summed E-state index contributed by atoms with van der Waals surface area (Å²) in [6, 6.07) is 10.7. The topological polar surface area (TPSA) is 29.3 Å². The highest BCUT2D eigenvalue weighted by atomic mass is 15.1. The molecule has 0 spiro atoms. The lowest BCUT2D eigenvalue weighted by Gasteiger charge is -2.22. The Kier molecular flexibility index (Phi) is 9.35. The monoisotopic (exact) mass is 276 g/mol. The Morgan fingerprint density at radius 2 is 1.45 bits per heavy atom. The number of nitrogens with zero attached hydrogens (tertiary/aromatic N) is 1. The molecule has 0 bridgehead atoms. The van der Waals surface area contributed by atoms with E-state index < -0.39 is 0 Å². The third-order valence-electron chi connectivity index (χ3n) is 3.87. The van der Waals surface area contributed by atoms with Gasteiger partial charge in [0, 0.05) is 6.04 Å². The Bertz CT molecular complexity index is 315. The molecule has 2 nitrogen and oxygen atoms in total. The number of unbranched alkanes of at least 4 members (excludes halogenated alkanes) is 2. The van der Waals surface area contributed by atoms with Crippen molar-refractivity contribution in [2.45, 2.75) is 58.4 Å². The van der Waals surface area contributed by atoms with Crippen molar-refractivity contribution in [3.63, 3.8) is 0 Å². The highest BCUT2D eigenvalue weighted by Crippen LogP contribution is 2.15. The molecule has 1 aromatic carbocycles. The lowest BCUT2D eigenvalue weighted by Crippen LogP contribution is -2.27. The molecule has 0 fully saturated rings. The first-order valence-electron chi connectivity index (χ1n) is 8.30. The summed E-state index contributed by atoms with van der Waals surface area (Å²) in [4.78, 5) is 2.62. The van der Waals surface area contributed by atoms with E-state index in [2.05, 4.69) is 43.0 Å². The predicted molar refractivity (Wildman–Crippen MR) is 88.9 cm³/mol. The molecule has 0 aromatic heterocycles. The molecule has 0 saturated heterocycles. The van der Waals surface area contributed by atoms with E-state index >= 15 is 0 Å². The van der Waals surface area contributed by atoms with Crippen molar-refractivity contribution in [3.8, 4) is 0 Å². The normalized spacial score (nSPS) is 12.8. The molecule has 0 aliphatic heterocycles. The maximum Gasteiger partial charge on any atom is 0.0295 e. The minimum atomic E-state index is 0.190. The molecule has 0 aliphatic rings. The maximum absolute atomic E-state index is 6.26. The first kappa shape index (κ1) is 17.2. The van der Waals surface area contributed by atoms with Crippen LogP contribution in [0.25, 0.3) is 0 Å². The Hall–Kier alpha value is -0.860. The van der Waals surface area contributed by atoms with Gasteiger partial charge in [-0.25, -0.2) is 0 Å². The van der Waals surface area contributed by atoms with E-state index in [-0.39, 0.29) is 6.04 Å². The second-order valence-corrected chi connectivity index (χ2v) is 5.71. The third-order valence-corrected chi connectivity index (χ3v) is 3.87. The zero-order chi connectivity index (χ0) is 14.6. The fraction of sp³-hybridized carbons (Fsp3) is 0.667. The van der Waals surface area contributed by atoms with Crippen LogP contribution in [0.1, 0.15) is 64.0 Å². The standard InChI is InChI=1S/C18H32N2/c1-3-5-14-20(15-6-4-2)16-10-13-18(19)17-11-8-7-9-12-17/h7-9,11-12,18H,3-6,10,13-16,19H2,1-2H3. The van der Waals surface area contributed by atoms with Crippen LogP contribution in [-0.4, -0.2) is 24.5 Å². The lowest BCUT2D eigenvalue weighted by molar-refractivity contribution is 0.257. The molecule has 2 heteroatoms.